The summed E-state index contributed by atoms with van der Waals surface area (Å²) < 4.78 is 7.52. The Morgan fingerprint density at radius 1 is 1.32 bits per heavy atom. The molecular formula is C22H32N4O2. The van der Waals surface area contributed by atoms with Gasteiger partial charge < -0.3 is 14.2 Å². The molecule has 3 heterocycles. The predicted octanol–water partition coefficient (Wildman–Crippen LogP) is 3.75. The van der Waals surface area contributed by atoms with Crippen LogP contribution in [-0.4, -0.2) is 52.1 Å². The number of aromatic nitrogens is 3. The number of aryl methyl sites for hydroxylation is 1. The molecule has 0 radical (unpaired) electrons. The van der Waals surface area contributed by atoms with Gasteiger partial charge in [0.2, 0.25) is 5.91 Å². The zero-order chi connectivity index (χ0) is 19.6. The van der Waals surface area contributed by atoms with Gasteiger partial charge in [-0.1, -0.05) is 12.8 Å². The van der Waals surface area contributed by atoms with E-state index >= 15 is 0 Å². The summed E-state index contributed by atoms with van der Waals surface area (Å²) in [6.45, 7) is 4.67. The summed E-state index contributed by atoms with van der Waals surface area (Å²) in [5, 5.41) is 0. The van der Waals surface area contributed by atoms with Crippen molar-refractivity contribution < 1.29 is 9.53 Å². The van der Waals surface area contributed by atoms with Gasteiger partial charge in [-0.2, -0.15) is 0 Å². The maximum atomic E-state index is 12.7. The number of carbonyl (C=O) groups excluding carboxylic acids is 1. The predicted molar refractivity (Wildman–Crippen MR) is 109 cm³/mol. The molecule has 4 rings (SSSR count). The molecule has 1 saturated heterocycles. The summed E-state index contributed by atoms with van der Waals surface area (Å²) in [5.74, 6) is 1.31. The minimum absolute atomic E-state index is 0.163. The largest absolute Gasteiger partial charge is 0.383 e. The van der Waals surface area contributed by atoms with E-state index in [4.69, 9.17) is 9.72 Å². The summed E-state index contributed by atoms with van der Waals surface area (Å²) >= 11 is 0. The number of imidazole rings is 1. The van der Waals surface area contributed by atoms with Gasteiger partial charge in [0.1, 0.15) is 11.3 Å². The highest BCUT2D eigenvalue weighted by molar-refractivity contribution is 5.76. The molecule has 1 atom stereocenters. The van der Waals surface area contributed by atoms with Crippen molar-refractivity contribution >= 4 is 17.1 Å². The first kappa shape index (κ1) is 19.4. The Kier molecular flexibility index (Phi) is 5.67. The Morgan fingerprint density at radius 3 is 2.93 bits per heavy atom. The molecule has 1 aliphatic heterocycles. The molecule has 0 bridgehead atoms. The number of hydrogen-bond donors (Lipinski definition) is 0. The minimum atomic E-state index is 0.163. The highest BCUT2D eigenvalue weighted by Gasteiger charge is 2.41. The second-order valence-electron chi connectivity index (χ2n) is 8.67. The monoisotopic (exact) mass is 384 g/mol. The lowest BCUT2D eigenvalue weighted by Crippen LogP contribution is -2.31. The second-order valence-corrected chi connectivity index (χ2v) is 8.67. The van der Waals surface area contributed by atoms with Gasteiger partial charge in [-0.3, -0.25) is 4.79 Å². The van der Waals surface area contributed by atoms with Crippen molar-refractivity contribution in [3.63, 3.8) is 0 Å². The van der Waals surface area contributed by atoms with Crippen LogP contribution in [0.15, 0.2) is 18.3 Å². The van der Waals surface area contributed by atoms with Crippen LogP contribution in [0.25, 0.3) is 11.2 Å². The summed E-state index contributed by atoms with van der Waals surface area (Å²) in [7, 11) is 1.72. The topological polar surface area (TPSA) is 60.2 Å². The first-order chi connectivity index (χ1) is 13.6. The molecule has 1 spiro atoms. The number of methoxy groups -OCH3 is 1. The van der Waals surface area contributed by atoms with Crippen LogP contribution in [0.2, 0.25) is 0 Å². The van der Waals surface area contributed by atoms with Gasteiger partial charge in [0.15, 0.2) is 5.65 Å². The first-order valence-corrected chi connectivity index (χ1v) is 10.7. The van der Waals surface area contributed by atoms with Crippen molar-refractivity contribution in [3.05, 3.63) is 24.2 Å². The molecule has 152 valence electrons. The average molecular weight is 385 g/mol. The molecule has 2 fully saturated rings. The van der Waals surface area contributed by atoms with E-state index < -0.39 is 0 Å². The van der Waals surface area contributed by atoms with Crippen LogP contribution < -0.4 is 0 Å². The Morgan fingerprint density at radius 2 is 2.14 bits per heavy atom. The van der Waals surface area contributed by atoms with E-state index in [0.717, 1.165) is 42.9 Å². The lowest BCUT2D eigenvalue weighted by molar-refractivity contribution is -0.130. The number of pyridine rings is 1. The standard InChI is InChI=1S/C22H32N4O2/c1-17(15-28-2)26-19(24-18-7-6-13-23-21(18)26)8-5-9-20(27)25-14-12-22(16-25)10-3-4-11-22/h6-7,13,17H,3-5,8-12,14-16H2,1-2H3/t17-/m0/s1. The summed E-state index contributed by atoms with van der Waals surface area (Å²) in [6.07, 6.45) is 10.5. The smallest absolute Gasteiger partial charge is 0.222 e. The van der Waals surface area contributed by atoms with Crippen LogP contribution in [0.5, 0.6) is 0 Å². The molecule has 6 heteroatoms. The quantitative estimate of drug-likeness (QED) is 0.729. The fraction of sp³-hybridized carbons (Fsp3) is 0.682. The van der Waals surface area contributed by atoms with Gasteiger partial charge in [-0.15, -0.1) is 0 Å². The Hall–Kier alpha value is -1.95. The van der Waals surface area contributed by atoms with Crippen LogP contribution >= 0.6 is 0 Å². The van der Waals surface area contributed by atoms with Crippen LogP contribution in [0.3, 0.4) is 0 Å². The van der Waals surface area contributed by atoms with Crippen molar-refractivity contribution in [1.29, 1.82) is 0 Å². The highest BCUT2D eigenvalue weighted by atomic mass is 16.5. The third-order valence-corrected chi connectivity index (χ3v) is 6.62. The van der Waals surface area contributed by atoms with E-state index in [9.17, 15) is 4.79 Å². The minimum Gasteiger partial charge on any atom is -0.383 e. The van der Waals surface area contributed by atoms with Crippen molar-refractivity contribution in [2.75, 3.05) is 26.8 Å². The maximum Gasteiger partial charge on any atom is 0.222 e. The van der Waals surface area contributed by atoms with Gasteiger partial charge in [0, 0.05) is 39.2 Å². The number of hydrogen-bond acceptors (Lipinski definition) is 4. The molecule has 2 aromatic rings. The zero-order valence-electron chi connectivity index (χ0n) is 17.2. The summed E-state index contributed by atoms with van der Waals surface area (Å²) in [6, 6.07) is 4.08. The first-order valence-electron chi connectivity index (χ1n) is 10.7. The number of nitrogens with zero attached hydrogens (tertiary/aromatic N) is 4. The molecule has 1 aliphatic carbocycles. The van der Waals surface area contributed by atoms with Crippen LogP contribution in [0.1, 0.15) is 63.7 Å². The molecule has 2 aliphatic rings. The Balaban J connectivity index is 1.39. The van der Waals surface area contributed by atoms with Crippen LogP contribution in [-0.2, 0) is 16.0 Å². The van der Waals surface area contributed by atoms with Crippen LogP contribution in [0, 0.1) is 5.41 Å². The molecule has 6 nitrogen and oxygen atoms in total. The second kappa shape index (κ2) is 8.19. The molecule has 0 unspecified atom stereocenters. The van der Waals surface area contributed by atoms with E-state index in [0.29, 0.717) is 24.3 Å². The number of ether oxygens (including phenoxy) is 1. The van der Waals surface area contributed by atoms with E-state index in [-0.39, 0.29) is 6.04 Å². The van der Waals surface area contributed by atoms with E-state index in [1.807, 2.05) is 12.1 Å². The van der Waals surface area contributed by atoms with Gasteiger partial charge in [-0.25, -0.2) is 9.97 Å². The van der Waals surface area contributed by atoms with Crippen LogP contribution in [0.4, 0.5) is 0 Å². The fourth-order valence-electron chi connectivity index (χ4n) is 5.17. The van der Waals surface area contributed by atoms with Gasteiger partial charge >= 0.3 is 0 Å². The SMILES string of the molecule is COC[C@H](C)n1c(CCCC(=O)N2CCC3(CCCC3)C2)nc2cccnc21. The zero-order valence-corrected chi connectivity index (χ0v) is 17.2. The Bertz CT molecular complexity index is 825. The molecule has 1 saturated carbocycles. The summed E-state index contributed by atoms with van der Waals surface area (Å²) in [4.78, 5) is 24.2. The number of carbonyl (C=O) groups is 1. The van der Waals surface area contributed by atoms with E-state index in [1.165, 1.54) is 32.1 Å². The third kappa shape index (κ3) is 3.79. The van der Waals surface area contributed by atoms with Crippen molar-refractivity contribution in [2.24, 2.45) is 5.41 Å². The molecule has 0 N–H and O–H groups in total. The van der Waals surface area contributed by atoms with Crippen molar-refractivity contribution in [3.8, 4) is 0 Å². The molecular weight excluding hydrogens is 352 g/mol. The van der Waals surface area contributed by atoms with Gasteiger partial charge in [-0.05, 0) is 50.2 Å². The van der Waals surface area contributed by atoms with E-state index in [1.54, 1.807) is 13.3 Å². The average Bonchev–Trinajstić information content (AvgIpc) is 3.41. The fourth-order valence-corrected chi connectivity index (χ4v) is 5.17. The molecule has 28 heavy (non-hydrogen) atoms. The Labute approximate surface area is 167 Å². The maximum absolute atomic E-state index is 12.7. The van der Waals surface area contributed by atoms with E-state index in [2.05, 4.69) is 21.4 Å². The van der Waals surface area contributed by atoms with Gasteiger partial charge in [0.05, 0.1) is 12.6 Å². The lowest BCUT2D eigenvalue weighted by atomic mass is 9.86. The molecule has 2 aromatic heterocycles. The normalized spacial score (nSPS) is 19.7. The lowest BCUT2D eigenvalue weighted by Gasteiger charge is -2.23. The van der Waals surface area contributed by atoms with Crippen molar-refractivity contribution in [1.82, 2.24) is 19.4 Å². The van der Waals surface area contributed by atoms with Crippen molar-refractivity contribution in [2.45, 2.75) is 64.3 Å². The molecule has 1 amide bonds. The highest BCUT2D eigenvalue weighted by Crippen LogP contribution is 2.45. The number of amides is 1. The number of fused-ring (bicyclic) bond motifs is 1. The summed E-state index contributed by atoms with van der Waals surface area (Å²) in [5.41, 5.74) is 2.26. The number of rotatable bonds is 7. The molecule has 0 aromatic carbocycles. The van der Waals surface area contributed by atoms with Gasteiger partial charge in [0.25, 0.3) is 0 Å². The number of likely N-dealkylation sites (tertiary alicyclic amines) is 1. The third-order valence-electron chi connectivity index (χ3n) is 6.62.